The minimum absolute atomic E-state index is 0.0736. The zero-order valence-electron chi connectivity index (χ0n) is 12.0. The smallest absolute Gasteiger partial charge is 0.303 e. The van der Waals surface area contributed by atoms with Crippen molar-refractivity contribution < 1.29 is 14.6 Å². The summed E-state index contributed by atoms with van der Waals surface area (Å²) in [5, 5.41) is 8.83. The van der Waals surface area contributed by atoms with Gasteiger partial charge in [-0.25, -0.2) is 0 Å². The minimum Gasteiger partial charge on any atom is -0.496 e. The largest absolute Gasteiger partial charge is 0.496 e. The first kappa shape index (κ1) is 15.5. The van der Waals surface area contributed by atoms with Crippen molar-refractivity contribution in [1.29, 1.82) is 0 Å². The summed E-state index contributed by atoms with van der Waals surface area (Å²) in [6.45, 7) is 6.04. The number of carboxylic acid groups (broad SMARTS) is 1. The molecule has 1 rings (SSSR count). The van der Waals surface area contributed by atoms with Crippen molar-refractivity contribution >= 4 is 5.97 Å². The van der Waals surface area contributed by atoms with Crippen molar-refractivity contribution in [3.8, 4) is 5.75 Å². The highest BCUT2D eigenvalue weighted by Crippen LogP contribution is 2.31. The second-order valence-corrected chi connectivity index (χ2v) is 5.26. The predicted octanol–water partition coefficient (Wildman–Crippen LogP) is 2.93. The minimum atomic E-state index is -0.819. The number of nitrogens with two attached hydrogens (primary N) is 1. The highest BCUT2D eigenvalue weighted by atomic mass is 16.5. The Hall–Kier alpha value is -1.55. The fourth-order valence-electron chi connectivity index (χ4n) is 2.14. The Labute approximate surface area is 114 Å². The first-order chi connectivity index (χ1) is 8.86. The highest BCUT2D eigenvalue weighted by Gasteiger charge is 2.19. The molecule has 0 saturated carbocycles. The van der Waals surface area contributed by atoms with E-state index in [1.54, 1.807) is 7.11 Å². The number of carboxylic acids is 1. The lowest BCUT2D eigenvalue weighted by molar-refractivity contribution is -0.138. The van der Waals surface area contributed by atoms with Crippen molar-refractivity contribution in [1.82, 2.24) is 0 Å². The van der Waals surface area contributed by atoms with Crippen molar-refractivity contribution in [2.24, 2.45) is 11.7 Å². The lowest BCUT2D eigenvalue weighted by Gasteiger charge is -2.21. The molecule has 0 aliphatic rings. The summed E-state index contributed by atoms with van der Waals surface area (Å²) in [5.41, 5.74) is 8.20. The van der Waals surface area contributed by atoms with Crippen molar-refractivity contribution in [2.75, 3.05) is 7.11 Å². The number of aliphatic carboxylic acids is 1. The summed E-state index contributed by atoms with van der Waals surface area (Å²) < 4.78 is 5.33. The van der Waals surface area contributed by atoms with Crippen LogP contribution in [0.3, 0.4) is 0 Å². The molecule has 19 heavy (non-hydrogen) atoms. The number of benzene rings is 1. The number of hydrogen-bond acceptors (Lipinski definition) is 3. The van der Waals surface area contributed by atoms with Crippen LogP contribution in [0.5, 0.6) is 5.75 Å². The summed E-state index contributed by atoms with van der Waals surface area (Å²) in [6.07, 6.45) is 0.0736. The molecule has 0 bridgehead atoms. The normalized spacial score (nSPS) is 14.2. The number of rotatable bonds is 6. The van der Waals surface area contributed by atoms with Crippen molar-refractivity contribution in [2.45, 2.75) is 39.2 Å². The van der Waals surface area contributed by atoms with Gasteiger partial charge in [0.15, 0.2) is 0 Å². The molecule has 3 N–H and O–H groups in total. The van der Waals surface area contributed by atoms with Gasteiger partial charge in [-0.05, 0) is 29.0 Å². The van der Waals surface area contributed by atoms with E-state index < -0.39 is 5.97 Å². The van der Waals surface area contributed by atoms with Gasteiger partial charge in [0.05, 0.1) is 7.11 Å². The van der Waals surface area contributed by atoms with Gasteiger partial charge in [0.2, 0.25) is 0 Å². The maximum absolute atomic E-state index is 10.7. The van der Waals surface area contributed by atoms with E-state index in [0.29, 0.717) is 5.92 Å². The second-order valence-electron chi connectivity index (χ2n) is 5.26. The van der Waals surface area contributed by atoms with E-state index in [0.717, 1.165) is 16.9 Å². The number of carbonyl (C=O) groups is 1. The van der Waals surface area contributed by atoms with Crippen LogP contribution in [-0.2, 0) is 4.79 Å². The van der Waals surface area contributed by atoms with Crippen LogP contribution < -0.4 is 10.5 Å². The van der Waals surface area contributed by atoms with E-state index >= 15 is 0 Å². The number of hydrogen-bond donors (Lipinski definition) is 2. The SMILES string of the molecule is COc1ccc(C(N)C(C)CC(=O)O)cc1C(C)C. The molecule has 0 radical (unpaired) electrons. The van der Waals surface area contributed by atoms with Gasteiger partial charge in [-0.2, -0.15) is 0 Å². The molecule has 0 spiro atoms. The molecule has 4 nitrogen and oxygen atoms in total. The van der Waals surface area contributed by atoms with E-state index in [2.05, 4.69) is 13.8 Å². The molecule has 106 valence electrons. The summed E-state index contributed by atoms with van der Waals surface area (Å²) in [7, 11) is 1.65. The Morgan fingerprint density at radius 3 is 2.47 bits per heavy atom. The van der Waals surface area contributed by atoms with Crippen LogP contribution in [-0.4, -0.2) is 18.2 Å². The fraction of sp³-hybridized carbons (Fsp3) is 0.533. The molecule has 2 atom stereocenters. The zero-order chi connectivity index (χ0) is 14.6. The van der Waals surface area contributed by atoms with Crippen LogP contribution in [0, 0.1) is 5.92 Å². The molecule has 0 fully saturated rings. The number of ether oxygens (including phenoxy) is 1. The molecule has 1 aromatic rings. The van der Waals surface area contributed by atoms with Crippen molar-refractivity contribution in [3.05, 3.63) is 29.3 Å². The van der Waals surface area contributed by atoms with E-state index in [1.807, 2.05) is 25.1 Å². The third-order valence-corrected chi connectivity index (χ3v) is 3.37. The molecule has 2 unspecified atom stereocenters. The lowest BCUT2D eigenvalue weighted by Crippen LogP contribution is -2.21. The summed E-state index contributed by atoms with van der Waals surface area (Å²) in [6, 6.07) is 5.55. The van der Waals surface area contributed by atoms with Crippen LogP contribution in [0.25, 0.3) is 0 Å². The third-order valence-electron chi connectivity index (χ3n) is 3.37. The Balaban J connectivity index is 3.01. The maximum atomic E-state index is 10.7. The first-order valence-electron chi connectivity index (χ1n) is 6.52. The van der Waals surface area contributed by atoms with Crippen LogP contribution in [0.1, 0.15) is 50.3 Å². The molecule has 0 aromatic heterocycles. The van der Waals surface area contributed by atoms with Crippen LogP contribution in [0.4, 0.5) is 0 Å². The maximum Gasteiger partial charge on any atom is 0.303 e. The second kappa shape index (κ2) is 6.57. The average molecular weight is 265 g/mol. The molecule has 0 aliphatic carbocycles. The molecular formula is C15H23NO3. The fourth-order valence-corrected chi connectivity index (χ4v) is 2.14. The molecule has 0 saturated heterocycles. The van der Waals surface area contributed by atoms with Crippen LogP contribution in [0.2, 0.25) is 0 Å². The molecule has 4 heteroatoms. The average Bonchev–Trinajstić information content (AvgIpc) is 2.36. The lowest BCUT2D eigenvalue weighted by atomic mass is 9.90. The predicted molar refractivity (Wildman–Crippen MR) is 75.4 cm³/mol. The van der Waals surface area contributed by atoms with Gasteiger partial charge in [-0.15, -0.1) is 0 Å². The molecule has 0 aliphatic heterocycles. The zero-order valence-corrected chi connectivity index (χ0v) is 12.0. The summed E-state index contributed by atoms with van der Waals surface area (Å²) >= 11 is 0. The van der Waals surface area contributed by atoms with Gasteiger partial charge in [-0.3, -0.25) is 4.79 Å². The Morgan fingerprint density at radius 1 is 1.37 bits per heavy atom. The monoisotopic (exact) mass is 265 g/mol. The van der Waals surface area contributed by atoms with Crippen LogP contribution in [0.15, 0.2) is 18.2 Å². The number of methoxy groups -OCH3 is 1. The topological polar surface area (TPSA) is 72.5 Å². The van der Waals surface area contributed by atoms with Gasteiger partial charge in [0.1, 0.15) is 5.75 Å². The third kappa shape index (κ3) is 3.96. The van der Waals surface area contributed by atoms with E-state index in [4.69, 9.17) is 15.6 Å². The van der Waals surface area contributed by atoms with Gasteiger partial charge >= 0.3 is 5.97 Å². The summed E-state index contributed by atoms with van der Waals surface area (Å²) in [4.78, 5) is 10.7. The Morgan fingerprint density at radius 2 is 2.00 bits per heavy atom. The molecular weight excluding hydrogens is 242 g/mol. The Bertz CT molecular complexity index is 443. The van der Waals surface area contributed by atoms with E-state index in [1.165, 1.54) is 0 Å². The van der Waals surface area contributed by atoms with Gasteiger partial charge in [0, 0.05) is 12.5 Å². The van der Waals surface area contributed by atoms with E-state index in [-0.39, 0.29) is 18.4 Å². The van der Waals surface area contributed by atoms with E-state index in [9.17, 15) is 4.79 Å². The van der Waals surface area contributed by atoms with Gasteiger partial charge < -0.3 is 15.6 Å². The van der Waals surface area contributed by atoms with Gasteiger partial charge in [-0.1, -0.05) is 32.9 Å². The molecule has 0 amide bonds. The molecule has 0 heterocycles. The highest BCUT2D eigenvalue weighted by molar-refractivity contribution is 5.67. The standard InChI is InChI=1S/C15H23NO3/c1-9(2)12-8-11(5-6-13(12)19-4)15(16)10(3)7-14(17)18/h5-6,8-10,15H,7,16H2,1-4H3,(H,17,18). The Kier molecular flexibility index (Phi) is 5.36. The van der Waals surface area contributed by atoms with Gasteiger partial charge in [0.25, 0.3) is 0 Å². The first-order valence-corrected chi connectivity index (χ1v) is 6.52. The summed E-state index contributed by atoms with van der Waals surface area (Å²) in [5.74, 6) is 0.250. The molecule has 1 aromatic carbocycles. The quantitative estimate of drug-likeness (QED) is 0.829. The van der Waals surface area contributed by atoms with Crippen molar-refractivity contribution in [3.63, 3.8) is 0 Å². The van der Waals surface area contributed by atoms with Crippen LogP contribution >= 0.6 is 0 Å².